The van der Waals surface area contributed by atoms with Crippen molar-refractivity contribution < 1.29 is 19.2 Å². The monoisotopic (exact) mass is 222 g/mol. The summed E-state index contributed by atoms with van der Waals surface area (Å²) in [7, 11) is 0. The van der Waals surface area contributed by atoms with Crippen LogP contribution in [0.4, 0.5) is 0 Å². The molecule has 0 aliphatic rings. The molecule has 1 aromatic heterocycles. The summed E-state index contributed by atoms with van der Waals surface area (Å²) in [6.45, 7) is 1.73. The van der Waals surface area contributed by atoms with E-state index >= 15 is 0 Å². The van der Waals surface area contributed by atoms with E-state index in [0.29, 0.717) is 6.42 Å². The largest absolute Gasteiger partial charge is 0.475 e. The van der Waals surface area contributed by atoms with E-state index in [0.717, 1.165) is 6.07 Å². The molecule has 0 bridgehead atoms. The molecule has 84 valence electrons. The molecule has 1 aromatic rings. The fourth-order valence-electron chi connectivity index (χ4n) is 1.01. The highest BCUT2D eigenvalue weighted by Gasteiger charge is 2.17. The van der Waals surface area contributed by atoms with Gasteiger partial charge in [0, 0.05) is 18.5 Å². The lowest BCUT2D eigenvalue weighted by Crippen LogP contribution is -2.32. The minimum atomic E-state index is -1.27. The number of carboxylic acids is 1. The van der Waals surface area contributed by atoms with E-state index in [1.807, 2.05) is 0 Å². The summed E-state index contributed by atoms with van der Waals surface area (Å²) < 4.78 is 4.44. The van der Waals surface area contributed by atoms with Crippen molar-refractivity contribution in [3.63, 3.8) is 0 Å². The predicted octanol–water partition coefficient (Wildman–Crippen LogP) is 0.514. The van der Waals surface area contributed by atoms with Gasteiger partial charge in [-0.05, 0) is 6.92 Å². The quantitative estimate of drug-likeness (QED) is 0.724. The van der Waals surface area contributed by atoms with E-state index in [9.17, 15) is 9.59 Å². The first-order chi connectivity index (χ1) is 7.54. The number of nitrogens with one attached hydrogen (secondary N) is 1. The van der Waals surface area contributed by atoms with E-state index in [4.69, 9.17) is 11.5 Å². The van der Waals surface area contributed by atoms with Crippen LogP contribution in [0.5, 0.6) is 0 Å². The molecule has 6 heteroatoms. The summed E-state index contributed by atoms with van der Waals surface area (Å²) in [5, 5.41) is 14.4. The van der Waals surface area contributed by atoms with Crippen molar-refractivity contribution in [3.8, 4) is 12.3 Å². The third kappa shape index (κ3) is 2.85. The topological polar surface area (TPSA) is 92.4 Å². The summed E-state index contributed by atoms with van der Waals surface area (Å²) >= 11 is 0. The number of carbonyl (C=O) groups excluding carboxylic acids is 1. The first-order valence-corrected chi connectivity index (χ1v) is 4.49. The van der Waals surface area contributed by atoms with Crippen molar-refractivity contribution in [2.45, 2.75) is 19.4 Å². The third-order valence-electron chi connectivity index (χ3n) is 1.76. The van der Waals surface area contributed by atoms with Crippen molar-refractivity contribution in [1.82, 2.24) is 10.5 Å². The molecule has 0 spiro atoms. The second kappa shape index (κ2) is 4.98. The Balaban J connectivity index is 2.67. The second-order valence-electron chi connectivity index (χ2n) is 3.16. The number of carbonyl (C=O) groups is 2. The van der Waals surface area contributed by atoms with Crippen LogP contribution < -0.4 is 5.32 Å². The zero-order chi connectivity index (χ0) is 12.1. The molecule has 1 heterocycles. The number of amides is 1. The lowest BCUT2D eigenvalue weighted by molar-refractivity contribution is 0.0651. The zero-order valence-electron chi connectivity index (χ0n) is 8.56. The average Bonchev–Trinajstić information content (AvgIpc) is 2.66. The smallest absolute Gasteiger partial charge is 0.374 e. The molecule has 0 radical (unpaired) electrons. The van der Waals surface area contributed by atoms with E-state index in [1.54, 1.807) is 6.92 Å². The zero-order valence-corrected chi connectivity index (χ0v) is 8.56. The van der Waals surface area contributed by atoms with E-state index in [-0.39, 0.29) is 17.5 Å². The van der Waals surface area contributed by atoms with Crippen molar-refractivity contribution in [3.05, 3.63) is 17.5 Å². The summed E-state index contributed by atoms with van der Waals surface area (Å²) in [5.74, 6) is 0.226. The first-order valence-electron chi connectivity index (χ1n) is 4.49. The molecule has 2 N–H and O–H groups in total. The molecule has 6 nitrogen and oxygen atoms in total. The Kier molecular flexibility index (Phi) is 3.67. The van der Waals surface area contributed by atoms with Crippen LogP contribution >= 0.6 is 0 Å². The Labute approximate surface area is 91.6 Å². The molecule has 0 aliphatic carbocycles. The van der Waals surface area contributed by atoms with Crippen molar-refractivity contribution >= 4 is 11.9 Å². The van der Waals surface area contributed by atoms with Gasteiger partial charge in [-0.3, -0.25) is 4.79 Å². The lowest BCUT2D eigenvalue weighted by Gasteiger charge is -2.08. The predicted molar refractivity (Wildman–Crippen MR) is 53.8 cm³/mol. The van der Waals surface area contributed by atoms with Crippen molar-refractivity contribution in [1.29, 1.82) is 0 Å². The highest BCUT2D eigenvalue weighted by Crippen LogP contribution is 2.04. The number of hydrogen-bond acceptors (Lipinski definition) is 4. The minimum Gasteiger partial charge on any atom is -0.475 e. The van der Waals surface area contributed by atoms with Gasteiger partial charge in [0.1, 0.15) is 0 Å². The van der Waals surface area contributed by atoms with Crippen LogP contribution in [0, 0.1) is 12.3 Å². The molecule has 16 heavy (non-hydrogen) atoms. The number of hydrogen-bond donors (Lipinski definition) is 2. The summed E-state index contributed by atoms with van der Waals surface area (Å²) in [4.78, 5) is 21.9. The molecule has 0 fully saturated rings. The normalized spacial score (nSPS) is 11.5. The number of aromatic carboxylic acids is 1. The summed E-state index contributed by atoms with van der Waals surface area (Å²) in [6, 6.07) is 0.850. The van der Waals surface area contributed by atoms with E-state index in [2.05, 4.69) is 20.9 Å². The molecular formula is C10H10N2O4. The van der Waals surface area contributed by atoms with Gasteiger partial charge in [-0.1, -0.05) is 5.16 Å². The Morgan fingerprint density at radius 2 is 2.44 bits per heavy atom. The number of terminal acetylenes is 1. The van der Waals surface area contributed by atoms with Gasteiger partial charge < -0.3 is 14.9 Å². The number of rotatable bonds is 4. The third-order valence-corrected chi connectivity index (χ3v) is 1.76. The molecule has 0 aromatic carbocycles. The molecule has 0 saturated carbocycles. The number of carboxylic acid groups (broad SMARTS) is 1. The molecule has 1 amide bonds. The van der Waals surface area contributed by atoms with Gasteiger partial charge in [0.25, 0.3) is 5.91 Å². The van der Waals surface area contributed by atoms with Gasteiger partial charge in [0.05, 0.1) is 0 Å². The van der Waals surface area contributed by atoms with Crippen LogP contribution in [0.1, 0.15) is 34.4 Å². The maximum Gasteiger partial charge on any atom is 0.374 e. The van der Waals surface area contributed by atoms with Crippen molar-refractivity contribution in [2.75, 3.05) is 0 Å². The molecule has 0 saturated heterocycles. The Morgan fingerprint density at radius 1 is 1.75 bits per heavy atom. The van der Waals surface area contributed by atoms with Crippen molar-refractivity contribution in [2.24, 2.45) is 0 Å². The molecule has 1 unspecified atom stereocenters. The minimum absolute atomic E-state index is 0.0822. The van der Waals surface area contributed by atoms with Gasteiger partial charge in [-0.2, -0.15) is 0 Å². The molecule has 1 atom stereocenters. The van der Waals surface area contributed by atoms with Crippen LogP contribution in [-0.4, -0.2) is 28.2 Å². The number of aromatic nitrogens is 1. The average molecular weight is 222 g/mol. The fraction of sp³-hybridized carbons (Fsp3) is 0.300. The Morgan fingerprint density at radius 3 is 2.94 bits per heavy atom. The van der Waals surface area contributed by atoms with Crippen LogP contribution in [0.15, 0.2) is 10.6 Å². The van der Waals surface area contributed by atoms with E-state index in [1.165, 1.54) is 0 Å². The van der Waals surface area contributed by atoms with Gasteiger partial charge in [-0.25, -0.2) is 4.79 Å². The van der Waals surface area contributed by atoms with Gasteiger partial charge in [0.2, 0.25) is 5.76 Å². The molecular weight excluding hydrogens is 212 g/mol. The van der Waals surface area contributed by atoms with Gasteiger partial charge >= 0.3 is 5.97 Å². The molecule has 1 rings (SSSR count). The van der Waals surface area contributed by atoms with E-state index < -0.39 is 11.9 Å². The standard InChI is InChI=1S/C10H10N2O4/c1-3-4-6(2)11-9(13)7-5-8(10(14)15)16-12-7/h1,5-6H,4H2,2H3,(H,11,13)(H,14,15). The van der Waals surface area contributed by atoms with Gasteiger partial charge in [-0.15, -0.1) is 12.3 Å². The van der Waals surface area contributed by atoms with Crippen LogP contribution in [-0.2, 0) is 0 Å². The SMILES string of the molecule is C#CCC(C)NC(=O)c1cc(C(=O)O)on1. The fourth-order valence-corrected chi connectivity index (χ4v) is 1.01. The van der Waals surface area contributed by atoms with Gasteiger partial charge in [0.15, 0.2) is 5.69 Å². The number of nitrogens with zero attached hydrogens (tertiary/aromatic N) is 1. The second-order valence-corrected chi connectivity index (χ2v) is 3.16. The van der Waals surface area contributed by atoms with Crippen LogP contribution in [0.25, 0.3) is 0 Å². The maximum absolute atomic E-state index is 11.5. The highest BCUT2D eigenvalue weighted by molar-refractivity contribution is 5.94. The maximum atomic E-state index is 11.5. The van der Waals surface area contributed by atoms with Crippen LogP contribution in [0.3, 0.4) is 0 Å². The lowest BCUT2D eigenvalue weighted by atomic mass is 10.2. The Bertz CT molecular complexity index is 444. The highest BCUT2D eigenvalue weighted by atomic mass is 16.5. The summed E-state index contributed by atoms with van der Waals surface area (Å²) in [6.07, 6.45) is 5.46. The van der Waals surface area contributed by atoms with Crippen LogP contribution in [0.2, 0.25) is 0 Å². The summed E-state index contributed by atoms with van der Waals surface area (Å²) in [5.41, 5.74) is -0.0822. The Hall–Kier alpha value is -2.29. The first kappa shape index (κ1) is 11.8. The molecule has 0 aliphatic heterocycles.